The average molecular weight is 311 g/mol. The fourth-order valence-electron chi connectivity index (χ4n) is 2.73. The van der Waals surface area contributed by atoms with E-state index >= 15 is 0 Å². The molecule has 1 saturated carbocycles. The zero-order valence-corrected chi connectivity index (χ0v) is 13.6. The molecule has 1 aliphatic rings. The van der Waals surface area contributed by atoms with E-state index in [-0.39, 0.29) is 5.91 Å². The van der Waals surface area contributed by atoms with Crippen LogP contribution in [0.3, 0.4) is 0 Å². The molecule has 4 nitrogen and oxygen atoms in total. The number of benzene rings is 1. The Bertz CT molecular complexity index is 497. The topological polar surface area (TPSA) is 41.6 Å². The maximum absolute atomic E-state index is 12.2. The predicted molar refractivity (Wildman–Crippen MR) is 86.1 cm³/mol. The van der Waals surface area contributed by atoms with E-state index in [4.69, 9.17) is 16.3 Å². The van der Waals surface area contributed by atoms with Gasteiger partial charge in [-0.1, -0.05) is 11.6 Å². The Labute approximate surface area is 131 Å². The third-order valence-electron chi connectivity index (χ3n) is 3.99. The molecular weight excluding hydrogens is 288 g/mol. The molecule has 0 spiro atoms. The van der Waals surface area contributed by atoms with Gasteiger partial charge in [0.2, 0.25) is 0 Å². The molecule has 116 valence electrons. The lowest BCUT2D eigenvalue weighted by atomic mass is 9.92. The van der Waals surface area contributed by atoms with Crippen LogP contribution in [0.4, 0.5) is 5.69 Å². The second-order valence-electron chi connectivity index (χ2n) is 5.74. The molecule has 5 heteroatoms. The molecular formula is C16H23ClN2O2. The summed E-state index contributed by atoms with van der Waals surface area (Å²) >= 11 is 6.08. The number of carbonyl (C=O) groups excluding carboxylic acids is 1. The van der Waals surface area contributed by atoms with Crippen molar-refractivity contribution in [3.63, 3.8) is 0 Å². The van der Waals surface area contributed by atoms with Crippen molar-refractivity contribution in [2.75, 3.05) is 26.5 Å². The number of hydrogen-bond acceptors (Lipinski definition) is 3. The molecule has 1 fully saturated rings. The molecule has 0 aromatic heterocycles. The molecule has 1 aliphatic carbocycles. The highest BCUT2D eigenvalue weighted by Crippen LogP contribution is 2.27. The number of rotatable bonds is 4. The van der Waals surface area contributed by atoms with E-state index in [1.165, 1.54) is 0 Å². The first-order valence-electron chi connectivity index (χ1n) is 7.31. The van der Waals surface area contributed by atoms with Gasteiger partial charge in [0, 0.05) is 38.0 Å². The van der Waals surface area contributed by atoms with Crippen molar-refractivity contribution in [2.45, 2.75) is 37.8 Å². The number of anilines is 1. The molecule has 0 unspecified atom stereocenters. The zero-order chi connectivity index (χ0) is 15.4. The van der Waals surface area contributed by atoms with E-state index in [2.05, 4.69) is 5.32 Å². The second kappa shape index (κ2) is 7.14. The number of carbonyl (C=O) groups is 1. The summed E-state index contributed by atoms with van der Waals surface area (Å²) in [5.74, 6) is -0.0141. The first kappa shape index (κ1) is 16.1. The molecule has 2 rings (SSSR count). The first-order valence-corrected chi connectivity index (χ1v) is 7.69. The molecule has 1 aromatic carbocycles. The number of methoxy groups -OCH3 is 1. The summed E-state index contributed by atoms with van der Waals surface area (Å²) in [7, 11) is 5.28. The summed E-state index contributed by atoms with van der Waals surface area (Å²) < 4.78 is 5.39. The molecule has 0 aliphatic heterocycles. The van der Waals surface area contributed by atoms with Gasteiger partial charge in [-0.25, -0.2) is 0 Å². The largest absolute Gasteiger partial charge is 0.382 e. The summed E-state index contributed by atoms with van der Waals surface area (Å²) in [5.41, 5.74) is 1.49. The Kier molecular flexibility index (Phi) is 5.48. The standard InChI is InChI=1S/C16H23ClN2O2/c1-19(2)16(20)14-9-4-11(17)10-15(14)18-12-5-7-13(21-3)8-6-12/h4,9-10,12-13,18H,5-8H2,1-3H3. The van der Waals surface area contributed by atoms with Crippen molar-refractivity contribution in [2.24, 2.45) is 0 Å². The molecule has 0 bridgehead atoms. The lowest BCUT2D eigenvalue weighted by molar-refractivity contribution is 0.0681. The molecule has 1 N–H and O–H groups in total. The highest BCUT2D eigenvalue weighted by atomic mass is 35.5. The molecule has 0 saturated heterocycles. The van der Waals surface area contributed by atoms with E-state index in [9.17, 15) is 4.79 Å². The summed E-state index contributed by atoms with van der Waals surface area (Å²) in [4.78, 5) is 13.8. The Morgan fingerprint density at radius 3 is 2.52 bits per heavy atom. The summed E-state index contributed by atoms with van der Waals surface area (Å²) in [6.07, 6.45) is 4.55. The van der Waals surface area contributed by atoms with Crippen molar-refractivity contribution < 1.29 is 9.53 Å². The van der Waals surface area contributed by atoms with E-state index in [0.29, 0.717) is 22.7 Å². The fourth-order valence-corrected chi connectivity index (χ4v) is 2.90. The molecule has 0 radical (unpaired) electrons. The van der Waals surface area contributed by atoms with Gasteiger partial charge < -0.3 is 15.0 Å². The zero-order valence-electron chi connectivity index (χ0n) is 12.9. The van der Waals surface area contributed by atoms with Gasteiger partial charge in [0.1, 0.15) is 0 Å². The van der Waals surface area contributed by atoms with Crippen LogP contribution >= 0.6 is 11.6 Å². The normalized spacial score (nSPS) is 21.9. The molecule has 0 atom stereocenters. The number of nitrogens with zero attached hydrogens (tertiary/aromatic N) is 1. The Hall–Kier alpha value is -1.26. The van der Waals surface area contributed by atoms with Gasteiger partial charge in [0.05, 0.1) is 11.7 Å². The van der Waals surface area contributed by atoms with Crippen molar-refractivity contribution in [1.29, 1.82) is 0 Å². The van der Waals surface area contributed by atoms with Gasteiger partial charge >= 0.3 is 0 Å². The Morgan fingerprint density at radius 1 is 1.29 bits per heavy atom. The molecule has 1 aromatic rings. The van der Waals surface area contributed by atoms with E-state index in [1.807, 2.05) is 6.07 Å². The van der Waals surface area contributed by atoms with Gasteiger partial charge in [-0.3, -0.25) is 4.79 Å². The van der Waals surface area contributed by atoms with Gasteiger partial charge in [0.15, 0.2) is 0 Å². The molecule has 0 heterocycles. The number of hydrogen-bond donors (Lipinski definition) is 1. The lowest BCUT2D eigenvalue weighted by Gasteiger charge is -2.29. The van der Waals surface area contributed by atoms with Crippen molar-refractivity contribution in [1.82, 2.24) is 4.90 Å². The number of nitrogens with one attached hydrogen (secondary N) is 1. The number of halogens is 1. The van der Waals surface area contributed by atoms with Crippen molar-refractivity contribution >= 4 is 23.2 Å². The average Bonchev–Trinajstić information content (AvgIpc) is 2.47. The maximum Gasteiger partial charge on any atom is 0.255 e. The highest BCUT2D eigenvalue weighted by molar-refractivity contribution is 6.31. The van der Waals surface area contributed by atoms with Crippen LogP contribution in [0.5, 0.6) is 0 Å². The van der Waals surface area contributed by atoms with Crippen molar-refractivity contribution in [3.05, 3.63) is 28.8 Å². The maximum atomic E-state index is 12.2. The van der Waals surface area contributed by atoms with Gasteiger partial charge in [-0.05, 0) is 43.9 Å². The van der Waals surface area contributed by atoms with Crippen LogP contribution in [-0.4, -0.2) is 44.2 Å². The Morgan fingerprint density at radius 2 is 1.95 bits per heavy atom. The van der Waals surface area contributed by atoms with Crippen LogP contribution in [0.15, 0.2) is 18.2 Å². The van der Waals surface area contributed by atoms with Crippen LogP contribution in [0.1, 0.15) is 36.0 Å². The van der Waals surface area contributed by atoms with E-state index < -0.39 is 0 Å². The third kappa shape index (κ3) is 4.11. The van der Waals surface area contributed by atoms with Crippen LogP contribution < -0.4 is 5.32 Å². The monoisotopic (exact) mass is 310 g/mol. The Balaban J connectivity index is 2.12. The van der Waals surface area contributed by atoms with Crippen LogP contribution in [0, 0.1) is 0 Å². The minimum atomic E-state index is -0.0141. The summed E-state index contributed by atoms with van der Waals surface area (Å²) in [5, 5.41) is 4.12. The minimum Gasteiger partial charge on any atom is -0.382 e. The molecule has 21 heavy (non-hydrogen) atoms. The summed E-state index contributed by atoms with van der Waals surface area (Å²) in [6.45, 7) is 0. The van der Waals surface area contributed by atoms with Crippen molar-refractivity contribution in [3.8, 4) is 0 Å². The summed E-state index contributed by atoms with van der Waals surface area (Å²) in [6, 6.07) is 5.74. The number of ether oxygens (including phenoxy) is 1. The lowest BCUT2D eigenvalue weighted by Crippen LogP contribution is -2.30. The van der Waals surface area contributed by atoms with Crippen LogP contribution in [0.25, 0.3) is 0 Å². The SMILES string of the molecule is COC1CCC(Nc2cc(Cl)ccc2C(=O)N(C)C)CC1. The van der Waals surface area contributed by atoms with Gasteiger partial charge in [-0.2, -0.15) is 0 Å². The van der Waals surface area contributed by atoms with Crippen LogP contribution in [-0.2, 0) is 4.74 Å². The highest BCUT2D eigenvalue weighted by Gasteiger charge is 2.22. The first-order chi connectivity index (χ1) is 10.0. The van der Waals surface area contributed by atoms with Gasteiger partial charge in [-0.15, -0.1) is 0 Å². The number of amides is 1. The van der Waals surface area contributed by atoms with E-state index in [0.717, 1.165) is 31.4 Å². The third-order valence-corrected chi connectivity index (χ3v) is 4.22. The quantitative estimate of drug-likeness (QED) is 0.926. The second-order valence-corrected chi connectivity index (χ2v) is 6.18. The predicted octanol–water partition coefficient (Wildman–Crippen LogP) is 3.41. The van der Waals surface area contributed by atoms with Gasteiger partial charge in [0.25, 0.3) is 5.91 Å². The minimum absolute atomic E-state index is 0.0141. The van der Waals surface area contributed by atoms with Crippen LogP contribution in [0.2, 0.25) is 5.02 Å². The van der Waals surface area contributed by atoms with E-state index in [1.54, 1.807) is 38.2 Å². The molecule has 1 amide bonds. The fraction of sp³-hybridized carbons (Fsp3) is 0.562. The smallest absolute Gasteiger partial charge is 0.255 e.